The van der Waals surface area contributed by atoms with Crippen LogP contribution in [0.5, 0.6) is 0 Å². The summed E-state index contributed by atoms with van der Waals surface area (Å²) in [6.07, 6.45) is 0.956. The van der Waals surface area contributed by atoms with E-state index in [0.717, 1.165) is 18.5 Å². The van der Waals surface area contributed by atoms with Crippen LogP contribution in [0.2, 0.25) is 0 Å². The predicted octanol–water partition coefficient (Wildman–Crippen LogP) is 6.28. The molecule has 1 aromatic heterocycles. The highest BCUT2D eigenvalue weighted by Crippen LogP contribution is 2.36. The van der Waals surface area contributed by atoms with E-state index in [1.54, 1.807) is 0 Å². The van der Waals surface area contributed by atoms with Gasteiger partial charge in [-0.05, 0) is 61.6 Å². The van der Waals surface area contributed by atoms with Crippen molar-refractivity contribution in [2.24, 2.45) is 7.05 Å². The number of nitriles is 1. The number of aryl methyl sites for hydroxylation is 4. The van der Waals surface area contributed by atoms with Crippen molar-refractivity contribution < 1.29 is 0 Å². The molecule has 0 amide bonds. The molecule has 4 aromatic rings. The van der Waals surface area contributed by atoms with Crippen LogP contribution in [0.4, 0.5) is 0 Å². The van der Waals surface area contributed by atoms with E-state index in [0.29, 0.717) is 5.56 Å². The lowest BCUT2D eigenvalue weighted by atomic mass is 9.92. The molecule has 4 heteroatoms. The smallest absolute Gasteiger partial charge is 0.100 e. The first-order valence-electron chi connectivity index (χ1n) is 11.2. The minimum absolute atomic E-state index is 0.177. The quantitative estimate of drug-likeness (QED) is 0.398. The predicted molar refractivity (Wildman–Crippen MR) is 131 cm³/mol. The Morgan fingerprint density at radius 3 is 2.34 bits per heavy atom. The summed E-state index contributed by atoms with van der Waals surface area (Å²) in [6, 6.07) is 21.1. The third-order valence-electron chi connectivity index (χ3n) is 6.23. The van der Waals surface area contributed by atoms with Crippen LogP contribution in [0.1, 0.15) is 52.9 Å². The highest BCUT2D eigenvalue weighted by Gasteiger charge is 2.21. The molecular formula is C28H30N4. The Morgan fingerprint density at radius 1 is 1.03 bits per heavy atom. The van der Waals surface area contributed by atoms with E-state index < -0.39 is 0 Å². The number of rotatable bonds is 6. The second kappa shape index (κ2) is 8.98. The molecule has 4 nitrogen and oxygen atoms in total. The Kier molecular flexibility index (Phi) is 6.12. The van der Waals surface area contributed by atoms with E-state index in [9.17, 15) is 0 Å². The van der Waals surface area contributed by atoms with E-state index in [1.807, 2.05) is 36.0 Å². The molecule has 0 radical (unpaired) electrons. The van der Waals surface area contributed by atoms with E-state index in [-0.39, 0.29) is 6.04 Å². The molecular weight excluding hydrogens is 392 g/mol. The Morgan fingerprint density at radius 2 is 1.72 bits per heavy atom. The summed E-state index contributed by atoms with van der Waals surface area (Å²) >= 11 is 0. The van der Waals surface area contributed by atoms with Gasteiger partial charge in [0.1, 0.15) is 5.52 Å². The van der Waals surface area contributed by atoms with Crippen LogP contribution in [0.15, 0.2) is 54.6 Å². The number of hydrogen-bond acceptors (Lipinski definition) is 3. The van der Waals surface area contributed by atoms with Gasteiger partial charge in [-0.2, -0.15) is 10.4 Å². The number of nitrogens with one attached hydrogen (secondary N) is 1. The maximum absolute atomic E-state index is 9.02. The van der Waals surface area contributed by atoms with E-state index in [1.165, 1.54) is 44.5 Å². The van der Waals surface area contributed by atoms with Crippen molar-refractivity contribution in [2.75, 3.05) is 0 Å². The average molecular weight is 423 g/mol. The summed E-state index contributed by atoms with van der Waals surface area (Å²) in [5.41, 5.74) is 10.5. The molecule has 0 aliphatic carbocycles. The lowest BCUT2D eigenvalue weighted by molar-refractivity contribution is 0.486. The Bertz CT molecular complexity index is 1280. The molecule has 3 aromatic carbocycles. The third-order valence-corrected chi connectivity index (χ3v) is 6.23. The van der Waals surface area contributed by atoms with Crippen molar-refractivity contribution >= 4 is 10.9 Å². The van der Waals surface area contributed by atoms with Crippen LogP contribution < -0.4 is 5.32 Å². The van der Waals surface area contributed by atoms with Gasteiger partial charge in [0.15, 0.2) is 0 Å². The molecule has 162 valence electrons. The first-order valence-corrected chi connectivity index (χ1v) is 11.2. The van der Waals surface area contributed by atoms with Gasteiger partial charge in [0, 0.05) is 30.6 Å². The monoisotopic (exact) mass is 422 g/mol. The van der Waals surface area contributed by atoms with Gasteiger partial charge >= 0.3 is 0 Å². The van der Waals surface area contributed by atoms with Crippen LogP contribution in [0.25, 0.3) is 22.0 Å². The van der Waals surface area contributed by atoms with Crippen molar-refractivity contribution in [3.63, 3.8) is 0 Å². The van der Waals surface area contributed by atoms with Crippen molar-refractivity contribution in [1.29, 1.82) is 5.26 Å². The second-order valence-electron chi connectivity index (χ2n) is 8.63. The summed E-state index contributed by atoms with van der Waals surface area (Å²) < 4.78 is 2.03. The zero-order valence-electron chi connectivity index (χ0n) is 19.5. The number of fused-ring (bicyclic) bond motifs is 1. The van der Waals surface area contributed by atoms with Gasteiger partial charge in [0.2, 0.25) is 0 Å². The topological polar surface area (TPSA) is 53.6 Å². The van der Waals surface area contributed by atoms with Gasteiger partial charge in [-0.3, -0.25) is 4.68 Å². The van der Waals surface area contributed by atoms with Gasteiger partial charge in [0.05, 0.1) is 17.3 Å². The number of nitrogens with zero attached hydrogens (tertiary/aromatic N) is 3. The molecule has 4 rings (SSSR count). The molecule has 0 aliphatic rings. The van der Waals surface area contributed by atoms with Gasteiger partial charge < -0.3 is 5.32 Å². The molecule has 32 heavy (non-hydrogen) atoms. The molecule has 0 fully saturated rings. The fraction of sp³-hybridized carbons (Fsp3) is 0.286. The van der Waals surface area contributed by atoms with Gasteiger partial charge in [-0.1, -0.05) is 55.0 Å². The van der Waals surface area contributed by atoms with Crippen molar-refractivity contribution in [3.8, 4) is 17.2 Å². The summed E-state index contributed by atoms with van der Waals surface area (Å²) in [6.45, 7) is 9.47. The Labute approximate surface area is 190 Å². The van der Waals surface area contributed by atoms with Crippen LogP contribution >= 0.6 is 0 Å². The first-order chi connectivity index (χ1) is 15.4. The summed E-state index contributed by atoms with van der Waals surface area (Å²) in [5, 5.41) is 18.9. The molecule has 0 spiro atoms. The summed E-state index contributed by atoms with van der Waals surface area (Å²) in [4.78, 5) is 0. The largest absolute Gasteiger partial charge is 0.305 e. The van der Waals surface area contributed by atoms with Crippen LogP contribution in [0.3, 0.4) is 0 Å². The SMILES string of the molecule is CCC(NCc1ccc(C#N)cc1)c1c2cccc(-c3c(C)cc(C)cc3C)c2nn1C. The maximum atomic E-state index is 9.02. The molecule has 0 bridgehead atoms. The fourth-order valence-electron chi connectivity index (χ4n) is 4.83. The Balaban J connectivity index is 1.72. The molecule has 1 unspecified atom stereocenters. The van der Waals surface area contributed by atoms with Crippen molar-refractivity contribution in [2.45, 2.75) is 46.7 Å². The lowest BCUT2D eigenvalue weighted by Crippen LogP contribution is -2.22. The minimum atomic E-state index is 0.177. The average Bonchev–Trinajstić information content (AvgIpc) is 3.11. The van der Waals surface area contributed by atoms with Crippen molar-refractivity contribution in [3.05, 3.63) is 88.1 Å². The number of aromatic nitrogens is 2. The highest BCUT2D eigenvalue weighted by molar-refractivity contribution is 5.97. The second-order valence-corrected chi connectivity index (χ2v) is 8.63. The normalized spacial score (nSPS) is 12.1. The van der Waals surface area contributed by atoms with E-state index in [4.69, 9.17) is 10.4 Å². The standard InChI is InChI=1S/C28H30N4/c1-6-25(30-17-22-12-10-21(16-29)11-13-22)28-24-9-7-8-23(27(24)31-32(28)5)26-19(3)14-18(2)15-20(26)4/h7-15,25,30H,6,17H2,1-5H3. The van der Waals surface area contributed by atoms with Crippen LogP contribution in [0, 0.1) is 32.1 Å². The van der Waals surface area contributed by atoms with Gasteiger partial charge in [-0.15, -0.1) is 0 Å². The molecule has 0 saturated heterocycles. The number of hydrogen-bond donors (Lipinski definition) is 1. The minimum Gasteiger partial charge on any atom is -0.305 e. The van der Waals surface area contributed by atoms with E-state index in [2.05, 4.69) is 69.4 Å². The Hall–Kier alpha value is -3.42. The van der Waals surface area contributed by atoms with Gasteiger partial charge in [0.25, 0.3) is 0 Å². The molecule has 1 heterocycles. The van der Waals surface area contributed by atoms with Gasteiger partial charge in [-0.25, -0.2) is 0 Å². The summed E-state index contributed by atoms with van der Waals surface area (Å²) in [5.74, 6) is 0. The maximum Gasteiger partial charge on any atom is 0.100 e. The van der Waals surface area contributed by atoms with E-state index >= 15 is 0 Å². The van der Waals surface area contributed by atoms with Crippen LogP contribution in [-0.4, -0.2) is 9.78 Å². The zero-order chi connectivity index (χ0) is 22.8. The summed E-state index contributed by atoms with van der Waals surface area (Å²) in [7, 11) is 2.04. The zero-order valence-corrected chi connectivity index (χ0v) is 19.5. The lowest BCUT2D eigenvalue weighted by Gasteiger charge is -2.18. The molecule has 0 saturated carbocycles. The van der Waals surface area contributed by atoms with Crippen LogP contribution in [-0.2, 0) is 13.6 Å². The third kappa shape index (κ3) is 4.04. The molecule has 0 aliphatic heterocycles. The fourth-order valence-corrected chi connectivity index (χ4v) is 4.83. The highest BCUT2D eigenvalue weighted by atomic mass is 15.3. The molecule has 1 N–H and O–H groups in total. The molecule has 1 atom stereocenters. The van der Waals surface area contributed by atoms with Crippen molar-refractivity contribution in [1.82, 2.24) is 15.1 Å². The first kappa shape index (κ1) is 21.8. The number of benzene rings is 3.